The van der Waals surface area contributed by atoms with Crippen molar-refractivity contribution in [1.82, 2.24) is 14.7 Å². The number of H-pyrrole nitrogens is 1. The number of thiophene rings is 1. The normalized spacial score (nSPS) is 11.0. The first-order chi connectivity index (χ1) is 9.13. The van der Waals surface area contributed by atoms with Gasteiger partial charge in [0.05, 0.1) is 19.1 Å². The van der Waals surface area contributed by atoms with Crippen molar-refractivity contribution in [3.05, 3.63) is 34.4 Å². The van der Waals surface area contributed by atoms with E-state index in [4.69, 9.17) is 5.73 Å². The van der Waals surface area contributed by atoms with Gasteiger partial charge in [-0.2, -0.15) is 0 Å². The number of sulfonamides is 1. The maximum Gasteiger partial charge on any atom is 0.257 e. The molecule has 0 saturated carbocycles. The molecule has 6 nitrogen and oxygen atoms in total. The molecule has 0 aliphatic heterocycles. The molecule has 19 heavy (non-hydrogen) atoms. The van der Waals surface area contributed by atoms with Crippen molar-refractivity contribution < 1.29 is 8.42 Å². The molecule has 0 spiro atoms. The van der Waals surface area contributed by atoms with Crippen LogP contribution in [0.2, 0.25) is 0 Å². The van der Waals surface area contributed by atoms with Gasteiger partial charge in [-0.15, -0.1) is 11.3 Å². The van der Waals surface area contributed by atoms with Crippen LogP contribution in [-0.4, -0.2) is 24.9 Å². The zero-order valence-corrected chi connectivity index (χ0v) is 11.5. The summed E-state index contributed by atoms with van der Waals surface area (Å²) in [5.41, 5.74) is 6.10. The fraction of sp³-hybridized carbons (Fsp3) is 0.182. The van der Waals surface area contributed by atoms with Crippen molar-refractivity contribution in [2.24, 2.45) is 5.73 Å². The van der Waals surface area contributed by atoms with Gasteiger partial charge in [0.2, 0.25) is 0 Å². The van der Waals surface area contributed by atoms with E-state index < -0.39 is 10.0 Å². The van der Waals surface area contributed by atoms with Crippen molar-refractivity contribution in [2.45, 2.75) is 11.6 Å². The second-order valence-corrected chi connectivity index (χ2v) is 6.24. The van der Waals surface area contributed by atoms with Gasteiger partial charge in [0.15, 0.2) is 5.03 Å². The Bertz CT molecular complexity index is 693. The quantitative estimate of drug-likeness (QED) is 0.704. The largest absolute Gasteiger partial charge is 0.335 e. The number of rotatable bonds is 4. The summed E-state index contributed by atoms with van der Waals surface area (Å²) in [5.74, 6) is 5.65. The van der Waals surface area contributed by atoms with Crippen molar-refractivity contribution >= 4 is 21.4 Å². The number of aromatic nitrogens is 2. The zero-order valence-electron chi connectivity index (χ0n) is 9.88. The first-order valence-electron chi connectivity index (χ1n) is 5.37. The smallest absolute Gasteiger partial charge is 0.257 e. The standard InChI is InChI=1S/C11H12N4O2S2/c12-4-1-2-9-3-5-18-10(9)6-15-19(16,17)11-7-13-8-14-11/h3,5,7-8,15H,4,6,12H2,(H,13,14). The third kappa shape index (κ3) is 3.42. The Balaban J connectivity index is 2.10. The molecule has 100 valence electrons. The maximum absolute atomic E-state index is 11.9. The monoisotopic (exact) mass is 296 g/mol. The van der Waals surface area contributed by atoms with E-state index in [0.717, 1.165) is 10.4 Å². The minimum atomic E-state index is -3.56. The second kappa shape index (κ2) is 5.99. The fourth-order valence-electron chi connectivity index (χ4n) is 1.36. The summed E-state index contributed by atoms with van der Waals surface area (Å²) >= 11 is 1.44. The highest BCUT2D eigenvalue weighted by Crippen LogP contribution is 2.16. The highest BCUT2D eigenvalue weighted by molar-refractivity contribution is 7.89. The molecule has 8 heteroatoms. The SMILES string of the molecule is NCC#Cc1ccsc1CNS(=O)(=O)c1cnc[nH]1. The summed E-state index contributed by atoms with van der Waals surface area (Å²) in [6.45, 7) is 0.461. The zero-order chi connectivity index (χ0) is 13.7. The Morgan fingerprint density at radius 2 is 2.37 bits per heavy atom. The van der Waals surface area contributed by atoms with Gasteiger partial charge in [-0.1, -0.05) is 11.8 Å². The summed E-state index contributed by atoms with van der Waals surface area (Å²) in [7, 11) is -3.56. The number of imidazole rings is 1. The Labute approximate surface area is 115 Å². The van der Waals surface area contributed by atoms with Crippen LogP contribution in [0.5, 0.6) is 0 Å². The van der Waals surface area contributed by atoms with Crippen LogP contribution in [0.4, 0.5) is 0 Å². The van der Waals surface area contributed by atoms with Crippen LogP contribution in [0.3, 0.4) is 0 Å². The van der Waals surface area contributed by atoms with Gasteiger partial charge in [0.25, 0.3) is 10.0 Å². The first-order valence-corrected chi connectivity index (χ1v) is 7.73. The number of nitrogens with one attached hydrogen (secondary N) is 2. The molecule has 0 aromatic carbocycles. The van der Waals surface area contributed by atoms with Gasteiger partial charge < -0.3 is 10.7 Å². The summed E-state index contributed by atoms with van der Waals surface area (Å²) < 4.78 is 26.3. The van der Waals surface area contributed by atoms with Crippen LogP contribution in [0.15, 0.2) is 29.0 Å². The lowest BCUT2D eigenvalue weighted by Gasteiger charge is -2.03. The van der Waals surface area contributed by atoms with Crippen molar-refractivity contribution in [3.63, 3.8) is 0 Å². The van der Waals surface area contributed by atoms with Crippen LogP contribution < -0.4 is 10.5 Å². The van der Waals surface area contributed by atoms with E-state index >= 15 is 0 Å². The van der Waals surface area contributed by atoms with E-state index in [2.05, 4.69) is 26.5 Å². The lowest BCUT2D eigenvalue weighted by atomic mass is 10.2. The van der Waals surface area contributed by atoms with E-state index in [1.165, 1.54) is 23.9 Å². The minimum Gasteiger partial charge on any atom is -0.335 e. The summed E-state index contributed by atoms with van der Waals surface area (Å²) in [5, 5.41) is 1.90. The molecule has 0 aliphatic rings. The highest BCUT2D eigenvalue weighted by Gasteiger charge is 2.15. The van der Waals surface area contributed by atoms with Crippen LogP contribution in [0.1, 0.15) is 10.4 Å². The third-order valence-corrected chi connectivity index (χ3v) is 4.50. The molecule has 0 radical (unpaired) electrons. The number of nitrogens with zero attached hydrogens (tertiary/aromatic N) is 1. The molecule has 2 heterocycles. The number of aromatic amines is 1. The lowest BCUT2D eigenvalue weighted by Crippen LogP contribution is -2.23. The average molecular weight is 296 g/mol. The first kappa shape index (κ1) is 13.8. The summed E-state index contributed by atoms with van der Waals surface area (Å²) in [6.07, 6.45) is 2.57. The molecule has 0 atom stereocenters. The average Bonchev–Trinajstić information content (AvgIpc) is 3.05. The number of hydrogen-bond acceptors (Lipinski definition) is 5. The molecule has 2 aromatic heterocycles. The molecule has 0 amide bonds. The lowest BCUT2D eigenvalue weighted by molar-refractivity contribution is 0.578. The molecule has 2 aromatic rings. The number of nitrogens with two attached hydrogens (primary N) is 1. The van der Waals surface area contributed by atoms with Crippen LogP contribution >= 0.6 is 11.3 Å². The molecule has 2 rings (SSSR count). The van der Waals surface area contributed by atoms with E-state index in [1.54, 1.807) is 0 Å². The predicted molar refractivity (Wildman–Crippen MR) is 72.9 cm³/mol. The van der Waals surface area contributed by atoms with Gasteiger partial charge >= 0.3 is 0 Å². The second-order valence-electron chi connectivity index (χ2n) is 3.50. The van der Waals surface area contributed by atoms with E-state index in [9.17, 15) is 8.42 Å². The fourth-order valence-corrected chi connectivity index (χ4v) is 3.12. The molecule has 0 aliphatic carbocycles. The Morgan fingerprint density at radius 3 is 3.05 bits per heavy atom. The van der Waals surface area contributed by atoms with Crippen molar-refractivity contribution in [3.8, 4) is 11.8 Å². The molecule has 0 fully saturated rings. The third-order valence-electron chi connectivity index (χ3n) is 2.26. The maximum atomic E-state index is 11.9. The van der Waals surface area contributed by atoms with Crippen LogP contribution in [-0.2, 0) is 16.6 Å². The molecule has 4 N–H and O–H groups in total. The van der Waals surface area contributed by atoms with Crippen LogP contribution in [0, 0.1) is 11.8 Å². The van der Waals surface area contributed by atoms with E-state index in [0.29, 0.717) is 0 Å². The van der Waals surface area contributed by atoms with Crippen molar-refractivity contribution in [2.75, 3.05) is 6.54 Å². The predicted octanol–water partition coefficient (Wildman–Crippen LogP) is 0.260. The van der Waals surface area contributed by atoms with Gasteiger partial charge in [-0.05, 0) is 11.4 Å². The summed E-state index contributed by atoms with van der Waals surface area (Å²) in [4.78, 5) is 7.09. The highest BCUT2D eigenvalue weighted by atomic mass is 32.2. The molecule has 0 bridgehead atoms. The minimum absolute atomic E-state index is 0.0404. The van der Waals surface area contributed by atoms with E-state index in [-0.39, 0.29) is 18.1 Å². The van der Waals surface area contributed by atoms with E-state index in [1.807, 2.05) is 11.4 Å². The number of hydrogen-bond donors (Lipinski definition) is 3. The van der Waals surface area contributed by atoms with Gasteiger partial charge in [0, 0.05) is 17.0 Å². The van der Waals surface area contributed by atoms with Gasteiger partial charge in [0.1, 0.15) is 0 Å². The molecule has 0 unspecified atom stereocenters. The Hall–Kier alpha value is -1.66. The topological polar surface area (TPSA) is 101 Å². The molecule has 0 saturated heterocycles. The van der Waals surface area contributed by atoms with Gasteiger partial charge in [-0.3, -0.25) is 0 Å². The van der Waals surface area contributed by atoms with Crippen LogP contribution in [0.25, 0.3) is 0 Å². The molecular formula is C11H12N4O2S2. The summed E-state index contributed by atoms with van der Waals surface area (Å²) in [6, 6.07) is 1.84. The Morgan fingerprint density at radius 1 is 1.53 bits per heavy atom. The Kier molecular flexibility index (Phi) is 4.34. The molecular weight excluding hydrogens is 284 g/mol. The van der Waals surface area contributed by atoms with Crippen molar-refractivity contribution in [1.29, 1.82) is 0 Å². The van der Waals surface area contributed by atoms with Gasteiger partial charge in [-0.25, -0.2) is 18.1 Å².